The van der Waals surface area contributed by atoms with Gasteiger partial charge in [-0.25, -0.2) is 12.8 Å². The van der Waals surface area contributed by atoms with E-state index in [1.165, 1.54) is 12.1 Å². The molecule has 0 bridgehead atoms. The lowest BCUT2D eigenvalue weighted by Gasteiger charge is -2.11. The summed E-state index contributed by atoms with van der Waals surface area (Å²) >= 11 is 0. The lowest BCUT2D eigenvalue weighted by molar-refractivity contribution is 0.305. The molecule has 0 fully saturated rings. The topological polar surface area (TPSA) is 66.4 Å². The Labute approximate surface area is 119 Å². The first kappa shape index (κ1) is 16.5. The van der Waals surface area contributed by atoms with Gasteiger partial charge in [-0.05, 0) is 24.1 Å². The molecule has 1 aromatic carbocycles. The summed E-state index contributed by atoms with van der Waals surface area (Å²) in [6.45, 7) is 3.49. The van der Waals surface area contributed by atoms with Crippen LogP contribution in [0.5, 0.6) is 0 Å². The fourth-order valence-electron chi connectivity index (χ4n) is 1.57. The average molecular weight is 299 g/mol. The number of anilines is 1. The molecule has 0 saturated carbocycles. The molecule has 0 atom stereocenters. The van der Waals surface area contributed by atoms with E-state index in [2.05, 4.69) is 16.6 Å². The molecule has 2 N–H and O–H groups in total. The largest absolute Gasteiger partial charge is 0.395 e. The van der Waals surface area contributed by atoms with Crippen molar-refractivity contribution >= 4 is 15.7 Å². The van der Waals surface area contributed by atoms with Crippen molar-refractivity contribution in [2.24, 2.45) is 5.92 Å². The van der Waals surface area contributed by atoms with E-state index >= 15 is 0 Å². The van der Waals surface area contributed by atoms with E-state index in [9.17, 15) is 12.8 Å². The van der Waals surface area contributed by atoms with Crippen LogP contribution < -0.4 is 4.72 Å². The maximum absolute atomic E-state index is 13.2. The van der Waals surface area contributed by atoms with Crippen molar-refractivity contribution in [2.75, 3.05) is 17.1 Å². The molecular weight excluding hydrogens is 281 g/mol. The van der Waals surface area contributed by atoms with Crippen molar-refractivity contribution < 1.29 is 17.9 Å². The second-order valence-electron chi connectivity index (χ2n) is 4.74. The molecule has 0 saturated heterocycles. The van der Waals surface area contributed by atoms with Gasteiger partial charge in [-0.15, -0.1) is 0 Å². The summed E-state index contributed by atoms with van der Waals surface area (Å²) in [5.41, 5.74) is 0.503. The maximum Gasteiger partial charge on any atom is 0.233 e. The van der Waals surface area contributed by atoms with Crippen LogP contribution in [0.4, 0.5) is 10.1 Å². The van der Waals surface area contributed by atoms with Crippen LogP contribution in [0.1, 0.15) is 25.8 Å². The van der Waals surface area contributed by atoms with Crippen molar-refractivity contribution in [1.82, 2.24) is 0 Å². The van der Waals surface area contributed by atoms with Crippen molar-refractivity contribution in [3.8, 4) is 11.8 Å². The summed E-state index contributed by atoms with van der Waals surface area (Å²) in [4.78, 5) is 0. The molecule has 0 heterocycles. The van der Waals surface area contributed by atoms with Gasteiger partial charge in [0, 0.05) is 6.42 Å². The Morgan fingerprint density at radius 2 is 2.10 bits per heavy atom. The summed E-state index contributed by atoms with van der Waals surface area (Å²) in [7, 11) is -3.49. The Morgan fingerprint density at radius 1 is 1.40 bits per heavy atom. The first-order valence-corrected chi connectivity index (χ1v) is 7.89. The molecule has 4 nitrogen and oxygen atoms in total. The summed E-state index contributed by atoms with van der Waals surface area (Å²) in [6.07, 6.45) is 0.245. The Bertz CT molecular complexity index is 615. The minimum Gasteiger partial charge on any atom is -0.395 e. The van der Waals surface area contributed by atoms with Crippen molar-refractivity contribution in [2.45, 2.75) is 20.3 Å². The van der Waals surface area contributed by atoms with Gasteiger partial charge in [0.2, 0.25) is 10.0 Å². The number of hydrogen-bond donors (Lipinski definition) is 2. The van der Waals surface area contributed by atoms with Gasteiger partial charge >= 0.3 is 0 Å². The van der Waals surface area contributed by atoms with Gasteiger partial charge in [-0.2, -0.15) is 0 Å². The number of aliphatic hydroxyl groups is 1. The molecule has 20 heavy (non-hydrogen) atoms. The van der Waals surface area contributed by atoms with Crippen LogP contribution in [0, 0.1) is 23.6 Å². The van der Waals surface area contributed by atoms with Gasteiger partial charge in [0.15, 0.2) is 0 Å². The Kier molecular flexibility index (Phi) is 5.99. The van der Waals surface area contributed by atoms with Crippen LogP contribution in [-0.4, -0.2) is 25.9 Å². The van der Waals surface area contributed by atoms with Gasteiger partial charge in [-0.3, -0.25) is 4.72 Å². The van der Waals surface area contributed by atoms with Gasteiger partial charge in [0.25, 0.3) is 0 Å². The zero-order valence-electron chi connectivity index (χ0n) is 11.5. The van der Waals surface area contributed by atoms with E-state index in [0.717, 1.165) is 6.07 Å². The lowest BCUT2D eigenvalue weighted by atomic mass is 10.2. The van der Waals surface area contributed by atoms with E-state index in [-0.39, 0.29) is 35.9 Å². The Hall–Kier alpha value is -1.58. The van der Waals surface area contributed by atoms with Crippen LogP contribution in [0.25, 0.3) is 0 Å². The molecule has 0 spiro atoms. The molecule has 0 aromatic heterocycles. The van der Waals surface area contributed by atoms with E-state index in [1.54, 1.807) is 13.8 Å². The third kappa shape index (κ3) is 5.59. The summed E-state index contributed by atoms with van der Waals surface area (Å²) in [5.74, 6) is 4.77. The number of nitrogens with one attached hydrogen (secondary N) is 1. The van der Waals surface area contributed by atoms with Crippen molar-refractivity contribution in [3.63, 3.8) is 0 Å². The predicted octanol–water partition coefficient (Wildman–Crippen LogP) is 1.96. The lowest BCUT2D eigenvalue weighted by Crippen LogP contribution is -2.20. The molecule has 0 unspecified atom stereocenters. The van der Waals surface area contributed by atoms with Crippen LogP contribution in [0.15, 0.2) is 18.2 Å². The molecule has 0 amide bonds. The Morgan fingerprint density at radius 3 is 2.70 bits per heavy atom. The number of benzene rings is 1. The van der Waals surface area contributed by atoms with Crippen LogP contribution in [-0.2, 0) is 10.0 Å². The molecule has 110 valence electrons. The third-order valence-electron chi connectivity index (χ3n) is 2.26. The molecule has 0 aliphatic carbocycles. The zero-order chi connectivity index (χ0) is 15.2. The number of halogens is 1. The minimum absolute atomic E-state index is 0.0168. The average Bonchev–Trinajstić information content (AvgIpc) is 2.31. The molecular formula is C14H18FNO3S. The summed E-state index contributed by atoms with van der Waals surface area (Å²) < 4.78 is 39.4. The predicted molar refractivity (Wildman–Crippen MR) is 77.2 cm³/mol. The smallest absolute Gasteiger partial charge is 0.233 e. The molecule has 1 aromatic rings. The minimum atomic E-state index is -3.49. The van der Waals surface area contributed by atoms with Crippen LogP contribution in [0.2, 0.25) is 0 Å². The maximum atomic E-state index is 13.2. The molecule has 0 radical (unpaired) electrons. The normalized spacial score (nSPS) is 11.1. The molecule has 1 rings (SSSR count). The quantitative estimate of drug-likeness (QED) is 0.817. The van der Waals surface area contributed by atoms with Crippen LogP contribution in [0.3, 0.4) is 0 Å². The number of sulfonamides is 1. The van der Waals surface area contributed by atoms with Crippen LogP contribution >= 0.6 is 0 Å². The van der Waals surface area contributed by atoms with E-state index in [1.807, 2.05) is 0 Å². The molecule has 6 heteroatoms. The van der Waals surface area contributed by atoms with E-state index in [4.69, 9.17) is 5.11 Å². The van der Waals surface area contributed by atoms with Gasteiger partial charge in [0.05, 0.1) is 23.6 Å². The van der Waals surface area contributed by atoms with Gasteiger partial charge in [-0.1, -0.05) is 25.7 Å². The first-order chi connectivity index (χ1) is 9.34. The highest BCUT2D eigenvalue weighted by Gasteiger charge is 2.14. The summed E-state index contributed by atoms with van der Waals surface area (Å²) in [6, 6.07) is 3.68. The number of rotatable bonds is 5. The van der Waals surface area contributed by atoms with Gasteiger partial charge < -0.3 is 5.11 Å². The molecule has 0 aliphatic rings. The van der Waals surface area contributed by atoms with Crippen molar-refractivity contribution in [1.29, 1.82) is 0 Å². The fourth-order valence-corrected chi connectivity index (χ4v) is 3.04. The Balaban J connectivity index is 3.04. The fraction of sp³-hybridized carbons (Fsp3) is 0.429. The highest BCUT2D eigenvalue weighted by Crippen LogP contribution is 2.18. The second kappa shape index (κ2) is 7.27. The highest BCUT2D eigenvalue weighted by molar-refractivity contribution is 7.92. The SMILES string of the molecule is CC(C)CS(=O)(=O)Nc1ccc(F)cc1C#CCCO. The second-order valence-corrected chi connectivity index (χ2v) is 6.51. The monoisotopic (exact) mass is 299 g/mol. The standard InChI is InChI=1S/C14H18FNO3S/c1-11(2)10-20(18,19)16-14-7-6-13(15)9-12(14)5-3-4-8-17/h6-7,9,11,16-17H,4,8,10H2,1-2H3. The third-order valence-corrected chi connectivity index (χ3v) is 3.90. The number of aliphatic hydroxyl groups excluding tert-OH is 1. The first-order valence-electron chi connectivity index (χ1n) is 6.24. The number of hydrogen-bond acceptors (Lipinski definition) is 3. The zero-order valence-corrected chi connectivity index (χ0v) is 12.3. The van der Waals surface area contributed by atoms with E-state index in [0.29, 0.717) is 0 Å². The van der Waals surface area contributed by atoms with E-state index < -0.39 is 15.8 Å². The van der Waals surface area contributed by atoms with Gasteiger partial charge in [0.1, 0.15) is 5.82 Å². The van der Waals surface area contributed by atoms with Crippen molar-refractivity contribution in [3.05, 3.63) is 29.6 Å². The highest BCUT2D eigenvalue weighted by atomic mass is 32.2. The summed E-state index contributed by atoms with van der Waals surface area (Å²) in [5, 5.41) is 8.67. The molecule has 0 aliphatic heterocycles.